The molecule has 4 heterocycles. The third kappa shape index (κ3) is 5.85. The Labute approximate surface area is 247 Å². The number of aromatic nitrogens is 2. The van der Waals surface area contributed by atoms with E-state index >= 15 is 0 Å². The molecule has 41 heavy (non-hydrogen) atoms. The van der Waals surface area contributed by atoms with E-state index in [1.54, 1.807) is 12.1 Å². The molecule has 6 nitrogen and oxygen atoms in total. The molecule has 0 N–H and O–H groups in total. The average Bonchev–Trinajstić information content (AvgIpc) is 3.39. The smallest absolute Gasteiger partial charge is 0.410 e. The van der Waals surface area contributed by atoms with Crippen LogP contribution in [0.1, 0.15) is 89.2 Å². The fourth-order valence-corrected chi connectivity index (χ4v) is 7.79. The highest BCUT2D eigenvalue weighted by atomic mass is 35.5. The molecule has 3 aliphatic heterocycles. The molecule has 3 fully saturated rings. The molecule has 6 rings (SSSR count). The van der Waals surface area contributed by atoms with E-state index in [1.165, 1.54) is 5.52 Å². The Bertz CT molecular complexity index is 1400. The van der Waals surface area contributed by atoms with Crippen molar-refractivity contribution in [1.82, 2.24) is 19.4 Å². The molecule has 1 aromatic heterocycles. The first-order chi connectivity index (χ1) is 19.6. The zero-order valence-electron chi connectivity index (χ0n) is 24.7. The summed E-state index contributed by atoms with van der Waals surface area (Å²) in [5, 5.41) is 0.169. The number of hydrogen-bond donors (Lipinski definition) is 0. The lowest BCUT2D eigenvalue weighted by Gasteiger charge is -2.46. The van der Waals surface area contributed by atoms with Crippen molar-refractivity contribution in [1.29, 1.82) is 0 Å². The summed E-state index contributed by atoms with van der Waals surface area (Å²) < 4.78 is 22.9. The molecule has 8 heteroatoms. The number of imidazole rings is 1. The highest BCUT2D eigenvalue weighted by molar-refractivity contribution is 6.30. The highest BCUT2D eigenvalue weighted by Crippen LogP contribution is 2.48. The Morgan fingerprint density at radius 2 is 1.73 bits per heavy atom. The van der Waals surface area contributed by atoms with Crippen molar-refractivity contribution in [2.45, 2.75) is 102 Å². The maximum atomic E-state index is 14.8. The number of benzene rings is 2. The molecule has 0 aliphatic carbocycles. The summed E-state index contributed by atoms with van der Waals surface area (Å²) in [4.78, 5) is 22.1. The number of ether oxygens (including phenoxy) is 1. The van der Waals surface area contributed by atoms with Gasteiger partial charge in [0, 0.05) is 37.3 Å². The predicted octanol–water partition coefficient (Wildman–Crippen LogP) is 8.08. The number of rotatable bonds is 5. The molecule has 1 amide bonds. The van der Waals surface area contributed by atoms with E-state index in [1.807, 2.05) is 31.7 Å². The van der Waals surface area contributed by atoms with Crippen LogP contribution in [0.15, 0.2) is 42.5 Å². The first-order valence-electron chi connectivity index (χ1n) is 15.2. The van der Waals surface area contributed by atoms with Gasteiger partial charge in [-0.15, -0.1) is 0 Å². The molecule has 3 aromatic rings. The SMILES string of the molecule is Cc1nc2ccccc2n1C1CC2CCC(C1)N2C(CC1CCN(C(=O)OC(C)(C)C)CC1)c1ccc(Cl)c(F)c1. The zero-order chi connectivity index (χ0) is 28.9. The van der Waals surface area contributed by atoms with Gasteiger partial charge in [-0.2, -0.15) is 0 Å². The minimum Gasteiger partial charge on any atom is -0.444 e. The normalized spacial score (nSPS) is 24.6. The van der Waals surface area contributed by atoms with Crippen LogP contribution in [-0.4, -0.2) is 56.2 Å². The van der Waals surface area contributed by atoms with E-state index in [0.717, 1.165) is 61.9 Å². The molecule has 3 unspecified atom stereocenters. The van der Waals surface area contributed by atoms with Crippen molar-refractivity contribution in [3.63, 3.8) is 0 Å². The number of para-hydroxylation sites is 2. The third-order valence-corrected chi connectivity index (χ3v) is 9.72. The van der Waals surface area contributed by atoms with Gasteiger partial charge >= 0.3 is 6.09 Å². The predicted molar refractivity (Wildman–Crippen MR) is 161 cm³/mol. The van der Waals surface area contributed by atoms with E-state index < -0.39 is 5.60 Å². The summed E-state index contributed by atoms with van der Waals surface area (Å²) in [6.07, 6.45) is 7.05. The Kier molecular flexibility index (Phi) is 7.79. The van der Waals surface area contributed by atoms with Crippen LogP contribution >= 0.6 is 11.6 Å². The number of hydrogen-bond acceptors (Lipinski definition) is 4. The number of nitrogens with zero attached hydrogens (tertiary/aromatic N) is 4. The molecule has 3 saturated heterocycles. The zero-order valence-corrected chi connectivity index (χ0v) is 25.4. The summed E-state index contributed by atoms with van der Waals surface area (Å²) >= 11 is 6.12. The number of halogens is 2. The van der Waals surface area contributed by atoms with E-state index in [2.05, 4.69) is 40.7 Å². The molecule has 2 aromatic carbocycles. The van der Waals surface area contributed by atoms with E-state index in [-0.39, 0.29) is 23.0 Å². The standard InChI is InChI=1S/C33H42ClFN4O2/c1-21-36-29-7-5-6-8-30(29)38(21)26-19-24-10-11-25(20-26)39(24)31(23-9-12-27(34)28(35)18-23)17-22-13-15-37(16-14-22)32(40)41-33(2,3)4/h5-9,12,18,22,24-26,31H,10-11,13-17,19-20H2,1-4H3. The van der Waals surface area contributed by atoms with Gasteiger partial charge in [-0.05, 0) is 108 Å². The van der Waals surface area contributed by atoms with E-state index in [4.69, 9.17) is 21.3 Å². The first kappa shape index (κ1) is 28.5. The van der Waals surface area contributed by atoms with Crippen molar-refractivity contribution in [2.75, 3.05) is 13.1 Å². The number of aryl methyl sites for hydroxylation is 1. The van der Waals surface area contributed by atoms with Gasteiger partial charge in [0.05, 0.1) is 16.1 Å². The van der Waals surface area contributed by atoms with Gasteiger partial charge in [0.25, 0.3) is 0 Å². The largest absolute Gasteiger partial charge is 0.444 e. The second-order valence-corrected chi connectivity index (χ2v) is 13.7. The van der Waals surface area contributed by atoms with Crippen LogP contribution in [0.3, 0.4) is 0 Å². The van der Waals surface area contributed by atoms with Crippen LogP contribution < -0.4 is 0 Å². The van der Waals surface area contributed by atoms with Crippen molar-refractivity contribution in [3.05, 3.63) is 64.7 Å². The lowest BCUT2D eigenvalue weighted by atomic mass is 9.84. The number of piperidine rings is 2. The van der Waals surface area contributed by atoms with Crippen LogP contribution in [0.4, 0.5) is 9.18 Å². The van der Waals surface area contributed by atoms with E-state index in [9.17, 15) is 9.18 Å². The molecular weight excluding hydrogens is 539 g/mol. The maximum absolute atomic E-state index is 14.8. The molecule has 0 saturated carbocycles. The Morgan fingerprint density at radius 1 is 1.05 bits per heavy atom. The number of amides is 1. The molecule has 3 aliphatic rings. The summed E-state index contributed by atoms with van der Waals surface area (Å²) in [6.45, 7) is 9.23. The number of carbonyl (C=O) groups excluding carboxylic acids is 1. The fourth-order valence-electron chi connectivity index (χ4n) is 7.67. The lowest BCUT2D eigenvalue weighted by Crippen LogP contribution is -2.47. The van der Waals surface area contributed by atoms with Gasteiger partial charge in [0.1, 0.15) is 17.2 Å². The maximum Gasteiger partial charge on any atom is 0.410 e. The average molecular weight is 581 g/mol. The molecule has 220 valence electrons. The van der Waals surface area contributed by atoms with Crippen molar-refractivity contribution in [2.24, 2.45) is 5.92 Å². The van der Waals surface area contributed by atoms with Crippen LogP contribution in [0.5, 0.6) is 0 Å². The minimum absolute atomic E-state index is 0.124. The summed E-state index contributed by atoms with van der Waals surface area (Å²) in [5.41, 5.74) is 2.80. The summed E-state index contributed by atoms with van der Waals surface area (Å²) in [5.74, 6) is 1.18. The van der Waals surface area contributed by atoms with Crippen LogP contribution in [-0.2, 0) is 4.74 Å². The molecule has 2 bridgehead atoms. The van der Waals surface area contributed by atoms with Gasteiger partial charge in [-0.1, -0.05) is 29.8 Å². The Hall–Kier alpha value is -2.64. The lowest BCUT2D eigenvalue weighted by molar-refractivity contribution is 0.0136. The monoisotopic (exact) mass is 580 g/mol. The molecular formula is C33H42ClFN4O2. The molecule has 3 atom stereocenters. The number of carbonyl (C=O) groups is 1. The van der Waals surface area contributed by atoms with Crippen molar-refractivity contribution < 1.29 is 13.9 Å². The Morgan fingerprint density at radius 3 is 2.39 bits per heavy atom. The van der Waals surface area contributed by atoms with Crippen LogP contribution in [0.25, 0.3) is 11.0 Å². The number of fused-ring (bicyclic) bond motifs is 3. The van der Waals surface area contributed by atoms with Crippen LogP contribution in [0, 0.1) is 18.7 Å². The highest BCUT2D eigenvalue weighted by Gasteiger charge is 2.46. The summed E-state index contributed by atoms with van der Waals surface area (Å²) in [7, 11) is 0. The van der Waals surface area contributed by atoms with Gasteiger partial charge in [-0.3, -0.25) is 4.90 Å². The quantitative estimate of drug-likeness (QED) is 0.306. The second-order valence-electron chi connectivity index (χ2n) is 13.3. The van der Waals surface area contributed by atoms with Gasteiger partial charge in [-0.25, -0.2) is 14.2 Å². The minimum atomic E-state index is -0.495. The number of likely N-dealkylation sites (tertiary alicyclic amines) is 1. The summed E-state index contributed by atoms with van der Waals surface area (Å²) in [6, 6.07) is 15.2. The molecule has 0 radical (unpaired) electrons. The van der Waals surface area contributed by atoms with Gasteiger partial charge < -0.3 is 14.2 Å². The third-order valence-electron chi connectivity index (χ3n) is 9.41. The van der Waals surface area contributed by atoms with Gasteiger partial charge in [0.2, 0.25) is 0 Å². The topological polar surface area (TPSA) is 50.6 Å². The van der Waals surface area contributed by atoms with Crippen molar-refractivity contribution >= 4 is 28.7 Å². The van der Waals surface area contributed by atoms with E-state index in [0.29, 0.717) is 37.1 Å². The van der Waals surface area contributed by atoms with Crippen LogP contribution in [0.2, 0.25) is 5.02 Å². The second kappa shape index (κ2) is 11.2. The first-order valence-corrected chi connectivity index (χ1v) is 15.6. The van der Waals surface area contributed by atoms with Crippen molar-refractivity contribution in [3.8, 4) is 0 Å². The fraction of sp³-hybridized carbons (Fsp3) is 0.576. The van der Waals surface area contributed by atoms with Gasteiger partial charge in [0.15, 0.2) is 0 Å². The molecule has 0 spiro atoms. The Balaban J connectivity index is 1.22.